The van der Waals surface area contributed by atoms with E-state index in [1.54, 1.807) is 0 Å². The summed E-state index contributed by atoms with van der Waals surface area (Å²) >= 11 is 0. The third-order valence-corrected chi connectivity index (χ3v) is 6.17. The first-order valence-electron chi connectivity index (χ1n) is 10.9. The molecular formula is C24H33N3O3S. The zero-order chi connectivity index (χ0) is 22.3. The van der Waals surface area contributed by atoms with Gasteiger partial charge in [0.05, 0.1) is 12.7 Å². The fourth-order valence-corrected chi connectivity index (χ4v) is 4.19. The van der Waals surface area contributed by atoms with Crippen LogP contribution in [0.3, 0.4) is 0 Å². The van der Waals surface area contributed by atoms with E-state index in [2.05, 4.69) is 35.2 Å². The molecule has 2 aliphatic rings. The Bertz CT molecular complexity index is 934. The molecule has 0 bridgehead atoms. The van der Waals surface area contributed by atoms with Gasteiger partial charge in [0.25, 0.3) is 0 Å². The molecule has 0 aromatic heterocycles. The molecule has 0 unspecified atom stereocenters. The topological polar surface area (TPSA) is 92.5 Å². The number of nitrogens with zero attached hydrogens (tertiary/aromatic N) is 1. The largest absolute Gasteiger partial charge is 0.328 e. The van der Waals surface area contributed by atoms with Crippen LogP contribution >= 0.6 is 0 Å². The van der Waals surface area contributed by atoms with Gasteiger partial charge in [-0.25, -0.2) is 8.42 Å². The normalized spacial score (nSPS) is 17.5. The van der Waals surface area contributed by atoms with Crippen molar-refractivity contribution in [3.05, 3.63) is 71.3 Å². The van der Waals surface area contributed by atoms with Gasteiger partial charge in [0.1, 0.15) is 0 Å². The van der Waals surface area contributed by atoms with Gasteiger partial charge in [-0.1, -0.05) is 54.6 Å². The van der Waals surface area contributed by atoms with Crippen molar-refractivity contribution in [1.29, 1.82) is 0 Å². The Morgan fingerprint density at radius 3 is 2.10 bits per heavy atom. The molecule has 0 atom stereocenters. The standard InChI is InChI=1S/C15H23N3O3S.C9H10/c1-22(20,21)17-15(19)10-12-2-4-13(5-3-12)11-18-8-6-14(16)7-9-18;1-2-4-8(5-3-1)9-6-7-9/h2-5,14H,6-11,16H2,1H3,(H,17,19);1-5,9H,6-7H2. The van der Waals surface area contributed by atoms with E-state index in [9.17, 15) is 13.2 Å². The quantitative estimate of drug-likeness (QED) is 0.716. The Morgan fingerprint density at radius 1 is 0.968 bits per heavy atom. The van der Waals surface area contributed by atoms with Gasteiger partial charge < -0.3 is 5.73 Å². The Hall–Kier alpha value is -2.22. The molecule has 1 saturated heterocycles. The van der Waals surface area contributed by atoms with Crippen molar-refractivity contribution < 1.29 is 13.2 Å². The number of likely N-dealkylation sites (tertiary alicyclic amines) is 1. The lowest BCUT2D eigenvalue weighted by molar-refractivity contribution is -0.118. The van der Waals surface area contributed by atoms with Crippen LogP contribution in [0.25, 0.3) is 0 Å². The highest BCUT2D eigenvalue weighted by atomic mass is 32.2. The molecule has 7 heteroatoms. The lowest BCUT2D eigenvalue weighted by Gasteiger charge is -2.30. The van der Waals surface area contributed by atoms with Crippen LogP contribution in [0.1, 0.15) is 48.3 Å². The lowest BCUT2D eigenvalue weighted by atomic mass is 10.0. The Kier molecular flexibility index (Phi) is 8.23. The summed E-state index contributed by atoms with van der Waals surface area (Å²) in [5, 5.41) is 0. The van der Waals surface area contributed by atoms with Crippen molar-refractivity contribution in [3.8, 4) is 0 Å². The number of piperidine rings is 1. The van der Waals surface area contributed by atoms with Gasteiger partial charge in [-0.15, -0.1) is 0 Å². The van der Waals surface area contributed by atoms with Crippen molar-refractivity contribution in [2.45, 2.75) is 50.6 Å². The number of nitrogens with one attached hydrogen (secondary N) is 1. The summed E-state index contributed by atoms with van der Waals surface area (Å²) in [5.74, 6) is 0.395. The molecule has 0 spiro atoms. The van der Waals surface area contributed by atoms with E-state index in [1.165, 1.54) is 24.0 Å². The average Bonchev–Trinajstić information content (AvgIpc) is 3.56. The highest BCUT2D eigenvalue weighted by Gasteiger charge is 2.22. The van der Waals surface area contributed by atoms with Gasteiger partial charge in [-0.2, -0.15) is 0 Å². The molecule has 0 radical (unpaired) electrons. The molecular weight excluding hydrogens is 410 g/mol. The number of nitrogens with two attached hydrogens (primary N) is 1. The maximum Gasteiger partial charge on any atom is 0.237 e. The predicted molar refractivity (Wildman–Crippen MR) is 124 cm³/mol. The van der Waals surface area contributed by atoms with Crippen LogP contribution in [0.4, 0.5) is 0 Å². The zero-order valence-corrected chi connectivity index (χ0v) is 19.0. The van der Waals surface area contributed by atoms with Crippen LogP contribution in [0, 0.1) is 0 Å². The van der Waals surface area contributed by atoms with Crippen LogP contribution in [0.5, 0.6) is 0 Å². The number of amides is 1. The van der Waals surface area contributed by atoms with Crippen molar-refractivity contribution >= 4 is 15.9 Å². The SMILES string of the molecule is CS(=O)(=O)NC(=O)Cc1ccc(CN2CCC(N)CC2)cc1.c1ccc(C2CC2)cc1. The van der Waals surface area contributed by atoms with E-state index in [4.69, 9.17) is 5.73 Å². The first-order chi connectivity index (χ1) is 14.8. The molecule has 2 fully saturated rings. The summed E-state index contributed by atoms with van der Waals surface area (Å²) < 4.78 is 23.9. The Balaban J connectivity index is 0.000000248. The monoisotopic (exact) mass is 443 g/mol. The maximum atomic E-state index is 11.6. The third kappa shape index (κ3) is 8.81. The number of hydrogen-bond donors (Lipinski definition) is 2. The summed E-state index contributed by atoms with van der Waals surface area (Å²) in [4.78, 5) is 13.9. The third-order valence-electron chi connectivity index (χ3n) is 5.57. The van der Waals surface area contributed by atoms with Crippen molar-refractivity contribution in [2.24, 2.45) is 5.73 Å². The first-order valence-corrected chi connectivity index (χ1v) is 12.8. The maximum absolute atomic E-state index is 11.6. The van der Waals surface area contributed by atoms with Gasteiger partial charge in [-0.05, 0) is 61.4 Å². The first kappa shape index (κ1) is 23.4. The second kappa shape index (κ2) is 10.9. The van der Waals surface area contributed by atoms with Crippen LogP contribution in [-0.2, 0) is 27.8 Å². The molecule has 6 nitrogen and oxygen atoms in total. The van der Waals surface area contributed by atoms with Crippen molar-refractivity contribution in [2.75, 3.05) is 19.3 Å². The molecule has 168 valence electrons. The van der Waals surface area contributed by atoms with Crippen LogP contribution in [0.2, 0.25) is 0 Å². The van der Waals surface area contributed by atoms with Crippen molar-refractivity contribution in [3.63, 3.8) is 0 Å². The summed E-state index contributed by atoms with van der Waals surface area (Å²) in [5.41, 5.74) is 9.40. The highest BCUT2D eigenvalue weighted by molar-refractivity contribution is 7.89. The Morgan fingerprint density at radius 2 is 1.55 bits per heavy atom. The summed E-state index contributed by atoms with van der Waals surface area (Å²) in [6, 6.07) is 18.8. The minimum Gasteiger partial charge on any atom is -0.328 e. The number of benzene rings is 2. The molecule has 1 aliphatic heterocycles. The number of carbonyl (C=O) groups is 1. The molecule has 4 rings (SSSR count). The molecule has 1 heterocycles. The summed E-state index contributed by atoms with van der Waals surface area (Å²) in [6.45, 7) is 2.90. The van der Waals surface area contributed by atoms with Gasteiger partial charge in [0, 0.05) is 12.6 Å². The van der Waals surface area contributed by atoms with Gasteiger partial charge in [0.2, 0.25) is 15.9 Å². The van der Waals surface area contributed by atoms with E-state index in [0.717, 1.165) is 50.2 Å². The van der Waals surface area contributed by atoms with Gasteiger partial charge in [-0.3, -0.25) is 14.4 Å². The second-order valence-corrected chi connectivity index (χ2v) is 10.3. The van der Waals surface area contributed by atoms with Crippen molar-refractivity contribution in [1.82, 2.24) is 9.62 Å². The van der Waals surface area contributed by atoms with E-state index in [0.29, 0.717) is 6.04 Å². The van der Waals surface area contributed by atoms with Gasteiger partial charge >= 0.3 is 0 Å². The molecule has 1 amide bonds. The number of rotatable bonds is 6. The second-order valence-electron chi connectivity index (χ2n) is 8.59. The summed E-state index contributed by atoms with van der Waals surface area (Å²) in [7, 11) is -3.49. The minimum atomic E-state index is -3.49. The lowest BCUT2D eigenvalue weighted by Crippen LogP contribution is -2.39. The smallest absolute Gasteiger partial charge is 0.237 e. The Labute approximate surface area is 185 Å². The van der Waals surface area contributed by atoms with E-state index in [-0.39, 0.29) is 6.42 Å². The highest BCUT2D eigenvalue weighted by Crippen LogP contribution is 2.39. The molecule has 2 aromatic carbocycles. The predicted octanol–water partition coefficient (Wildman–Crippen LogP) is 2.79. The minimum absolute atomic E-state index is 0.0614. The number of sulfonamides is 1. The zero-order valence-electron chi connectivity index (χ0n) is 18.2. The fraction of sp³-hybridized carbons (Fsp3) is 0.458. The molecule has 1 aliphatic carbocycles. The molecule has 31 heavy (non-hydrogen) atoms. The number of hydrogen-bond acceptors (Lipinski definition) is 5. The van der Waals surface area contributed by atoms with E-state index < -0.39 is 15.9 Å². The van der Waals surface area contributed by atoms with Crippen LogP contribution in [-0.4, -0.2) is 44.6 Å². The fourth-order valence-electron chi connectivity index (χ4n) is 3.70. The molecule has 2 aromatic rings. The van der Waals surface area contributed by atoms with E-state index >= 15 is 0 Å². The molecule has 1 saturated carbocycles. The summed E-state index contributed by atoms with van der Waals surface area (Å²) in [6.07, 6.45) is 5.91. The number of carbonyl (C=O) groups excluding carboxylic acids is 1. The van der Waals surface area contributed by atoms with Gasteiger partial charge in [0.15, 0.2) is 0 Å². The average molecular weight is 444 g/mol. The van der Waals surface area contributed by atoms with E-state index in [1.807, 2.05) is 29.0 Å². The molecule has 3 N–H and O–H groups in total. The van der Waals surface area contributed by atoms with Crippen LogP contribution in [0.15, 0.2) is 54.6 Å². The van der Waals surface area contributed by atoms with Crippen LogP contribution < -0.4 is 10.5 Å².